The molecule has 0 saturated carbocycles. The van der Waals surface area contributed by atoms with Gasteiger partial charge in [-0.3, -0.25) is 10.1 Å². The van der Waals surface area contributed by atoms with Gasteiger partial charge in [-0.25, -0.2) is 4.98 Å². The summed E-state index contributed by atoms with van der Waals surface area (Å²) < 4.78 is 12.2. The van der Waals surface area contributed by atoms with Crippen molar-refractivity contribution in [1.82, 2.24) is 4.98 Å². The summed E-state index contributed by atoms with van der Waals surface area (Å²) in [4.78, 5) is 17.2. The van der Waals surface area contributed by atoms with E-state index in [0.717, 1.165) is 32.5 Å². The fourth-order valence-electron chi connectivity index (χ4n) is 2.93. The molecule has 27 heavy (non-hydrogen) atoms. The van der Waals surface area contributed by atoms with Crippen molar-refractivity contribution in [3.05, 3.63) is 52.2 Å². The third-order valence-electron chi connectivity index (χ3n) is 4.32. The molecule has 4 aromatic rings. The van der Waals surface area contributed by atoms with Gasteiger partial charge in [0.15, 0.2) is 10.9 Å². The standard InChI is InChI=1S/C20H17ClN2O3S/c1-4-25-12-5-6-15-17(8-12)27-20(22-15)23-19(24)18-11(3)13-9-14(21)10(2)7-16(13)26-18/h5-9H,4H2,1-3H3,(H,22,23,24). The third kappa shape index (κ3) is 3.26. The fourth-order valence-corrected chi connectivity index (χ4v) is 3.98. The van der Waals surface area contributed by atoms with Gasteiger partial charge >= 0.3 is 0 Å². The van der Waals surface area contributed by atoms with Crippen LogP contribution in [0.25, 0.3) is 21.2 Å². The summed E-state index contributed by atoms with van der Waals surface area (Å²) in [6.07, 6.45) is 0. The smallest absolute Gasteiger partial charge is 0.293 e. The summed E-state index contributed by atoms with van der Waals surface area (Å²) in [5, 5.41) is 4.83. The number of nitrogens with zero attached hydrogens (tertiary/aromatic N) is 1. The highest BCUT2D eigenvalue weighted by molar-refractivity contribution is 7.22. The Morgan fingerprint density at radius 2 is 2.11 bits per heavy atom. The number of fused-ring (bicyclic) bond motifs is 2. The van der Waals surface area contributed by atoms with Crippen LogP contribution >= 0.6 is 22.9 Å². The largest absolute Gasteiger partial charge is 0.494 e. The monoisotopic (exact) mass is 400 g/mol. The molecule has 1 amide bonds. The predicted molar refractivity (Wildman–Crippen MR) is 109 cm³/mol. The van der Waals surface area contributed by atoms with E-state index < -0.39 is 0 Å². The van der Waals surface area contributed by atoms with Crippen molar-refractivity contribution in [2.24, 2.45) is 0 Å². The van der Waals surface area contributed by atoms with Crippen LogP contribution in [0.15, 0.2) is 34.7 Å². The number of thiazole rings is 1. The van der Waals surface area contributed by atoms with E-state index in [1.54, 1.807) is 0 Å². The molecule has 0 bridgehead atoms. The molecule has 0 spiro atoms. The molecular weight excluding hydrogens is 384 g/mol. The Balaban J connectivity index is 1.65. The van der Waals surface area contributed by atoms with Crippen molar-refractivity contribution >= 4 is 55.2 Å². The molecule has 0 aliphatic carbocycles. The van der Waals surface area contributed by atoms with Crippen LogP contribution in [0.2, 0.25) is 5.02 Å². The number of amides is 1. The molecule has 7 heteroatoms. The summed E-state index contributed by atoms with van der Waals surface area (Å²) >= 11 is 7.59. The van der Waals surface area contributed by atoms with E-state index in [2.05, 4.69) is 10.3 Å². The maximum atomic E-state index is 12.7. The van der Waals surface area contributed by atoms with Gasteiger partial charge in [0, 0.05) is 16.0 Å². The average molecular weight is 401 g/mol. The van der Waals surface area contributed by atoms with Crippen LogP contribution in [-0.2, 0) is 0 Å². The van der Waals surface area contributed by atoms with Gasteiger partial charge in [-0.05, 0) is 56.7 Å². The van der Waals surface area contributed by atoms with Crippen molar-refractivity contribution in [2.45, 2.75) is 20.8 Å². The van der Waals surface area contributed by atoms with Gasteiger partial charge in [0.1, 0.15) is 11.3 Å². The van der Waals surface area contributed by atoms with E-state index in [-0.39, 0.29) is 11.7 Å². The minimum Gasteiger partial charge on any atom is -0.494 e. The van der Waals surface area contributed by atoms with Gasteiger partial charge in [-0.1, -0.05) is 22.9 Å². The van der Waals surface area contributed by atoms with Crippen LogP contribution < -0.4 is 10.1 Å². The van der Waals surface area contributed by atoms with Gasteiger partial charge in [-0.15, -0.1) is 0 Å². The number of halogens is 1. The van der Waals surface area contributed by atoms with E-state index in [1.165, 1.54) is 11.3 Å². The zero-order chi connectivity index (χ0) is 19.1. The maximum Gasteiger partial charge on any atom is 0.293 e. The molecule has 0 atom stereocenters. The number of rotatable bonds is 4. The third-order valence-corrected chi connectivity index (χ3v) is 5.66. The van der Waals surface area contributed by atoms with Gasteiger partial charge in [0.05, 0.1) is 16.8 Å². The lowest BCUT2D eigenvalue weighted by atomic mass is 10.1. The van der Waals surface area contributed by atoms with Crippen LogP contribution in [0.5, 0.6) is 5.75 Å². The Kier molecular flexibility index (Phi) is 4.53. The van der Waals surface area contributed by atoms with Crippen LogP contribution in [0.1, 0.15) is 28.6 Å². The van der Waals surface area contributed by atoms with E-state index in [9.17, 15) is 4.79 Å². The van der Waals surface area contributed by atoms with E-state index >= 15 is 0 Å². The Morgan fingerprint density at radius 3 is 2.89 bits per heavy atom. The van der Waals surface area contributed by atoms with Crippen molar-refractivity contribution in [3.8, 4) is 5.75 Å². The second-order valence-corrected chi connectivity index (χ2v) is 7.63. The first-order chi connectivity index (χ1) is 13.0. The summed E-state index contributed by atoms with van der Waals surface area (Å²) in [6.45, 7) is 6.28. The van der Waals surface area contributed by atoms with E-state index in [1.807, 2.05) is 51.1 Å². The first-order valence-corrected chi connectivity index (χ1v) is 9.69. The Labute approximate surface area is 164 Å². The number of carbonyl (C=O) groups excluding carboxylic acids is 1. The van der Waals surface area contributed by atoms with E-state index in [4.69, 9.17) is 20.8 Å². The number of anilines is 1. The van der Waals surface area contributed by atoms with Crippen LogP contribution in [0.3, 0.4) is 0 Å². The van der Waals surface area contributed by atoms with Crippen molar-refractivity contribution in [2.75, 3.05) is 11.9 Å². The zero-order valence-electron chi connectivity index (χ0n) is 15.1. The highest BCUT2D eigenvalue weighted by Gasteiger charge is 2.20. The van der Waals surface area contributed by atoms with E-state index in [0.29, 0.717) is 22.3 Å². The molecule has 0 aliphatic heterocycles. The number of aromatic nitrogens is 1. The van der Waals surface area contributed by atoms with Gasteiger partial charge in [0.2, 0.25) is 0 Å². The zero-order valence-corrected chi connectivity index (χ0v) is 16.6. The second kappa shape index (κ2) is 6.87. The first kappa shape index (κ1) is 17.8. The molecule has 0 saturated heterocycles. The Hall–Kier alpha value is -2.57. The summed E-state index contributed by atoms with van der Waals surface area (Å²) in [7, 11) is 0. The molecule has 0 aliphatic rings. The SMILES string of the molecule is CCOc1ccc2nc(NC(=O)c3oc4cc(C)c(Cl)cc4c3C)sc2c1. The van der Waals surface area contributed by atoms with Gasteiger partial charge < -0.3 is 9.15 Å². The van der Waals surface area contributed by atoms with Crippen molar-refractivity contribution in [1.29, 1.82) is 0 Å². The maximum absolute atomic E-state index is 12.7. The molecule has 2 aromatic heterocycles. The average Bonchev–Trinajstić information content (AvgIpc) is 3.16. The van der Waals surface area contributed by atoms with Gasteiger partial charge in [0.25, 0.3) is 5.91 Å². The van der Waals surface area contributed by atoms with Crippen LogP contribution in [0.4, 0.5) is 5.13 Å². The highest BCUT2D eigenvalue weighted by atomic mass is 35.5. The molecule has 0 unspecified atom stereocenters. The predicted octanol–water partition coefficient (Wildman–Crippen LogP) is 5.96. The molecule has 2 heterocycles. The summed E-state index contributed by atoms with van der Waals surface area (Å²) in [5.41, 5.74) is 3.11. The molecule has 5 nitrogen and oxygen atoms in total. The fraction of sp³-hybridized carbons (Fsp3) is 0.200. The molecule has 4 rings (SSSR count). The lowest BCUT2D eigenvalue weighted by molar-refractivity contribution is 0.0998. The number of furan rings is 1. The summed E-state index contributed by atoms with van der Waals surface area (Å²) in [6, 6.07) is 9.34. The normalized spacial score (nSPS) is 11.3. The minimum atomic E-state index is -0.332. The van der Waals surface area contributed by atoms with Crippen molar-refractivity contribution in [3.63, 3.8) is 0 Å². The minimum absolute atomic E-state index is 0.265. The number of aryl methyl sites for hydroxylation is 2. The molecule has 0 fully saturated rings. The number of hydrogen-bond donors (Lipinski definition) is 1. The summed E-state index contributed by atoms with van der Waals surface area (Å²) in [5.74, 6) is 0.717. The molecular formula is C20H17ClN2O3S. The van der Waals surface area contributed by atoms with Crippen LogP contribution in [0, 0.1) is 13.8 Å². The number of hydrogen-bond acceptors (Lipinski definition) is 5. The quantitative estimate of drug-likeness (QED) is 0.458. The lowest BCUT2D eigenvalue weighted by Crippen LogP contribution is -2.11. The first-order valence-electron chi connectivity index (χ1n) is 8.50. The van der Waals surface area contributed by atoms with Crippen molar-refractivity contribution < 1.29 is 13.9 Å². The Bertz CT molecular complexity index is 1180. The molecule has 2 aromatic carbocycles. The Morgan fingerprint density at radius 1 is 1.30 bits per heavy atom. The molecule has 1 N–H and O–H groups in total. The van der Waals surface area contributed by atoms with Crippen LogP contribution in [-0.4, -0.2) is 17.5 Å². The molecule has 0 radical (unpaired) electrons. The number of carbonyl (C=O) groups is 1. The number of ether oxygens (including phenoxy) is 1. The highest BCUT2D eigenvalue weighted by Crippen LogP contribution is 2.32. The number of nitrogens with one attached hydrogen (secondary N) is 1. The number of benzene rings is 2. The topological polar surface area (TPSA) is 64.4 Å². The van der Waals surface area contributed by atoms with Gasteiger partial charge in [-0.2, -0.15) is 0 Å². The molecule has 138 valence electrons. The second-order valence-electron chi connectivity index (χ2n) is 6.19. The lowest BCUT2D eigenvalue weighted by Gasteiger charge is -2.00.